The van der Waals surface area contributed by atoms with Crippen molar-refractivity contribution in [2.75, 3.05) is 126 Å². The molecule has 1 N–H and O–H groups in total. The van der Waals surface area contributed by atoms with Gasteiger partial charge in [0, 0.05) is 98.6 Å². The van der Waals surface area contributed by atoms with Gasteiger partial charge in [0.2, 0.25) is 5.91 Å². The quantitative estimate of drug-likeness (QED) is 0.0561. The lowest BCUT2D eigenvalue weighted by Crippen LogP contribution is -2.50. The Bertz CT molecular complexity index is 960. The first kappa shape index (κ1) is 48.2. The summed E-state index contributed by atoms with van der Waals surface area (Å²) in [7, 11) is 3.10. The Labute approximate surface area is 314 Å². The molecule has 0 atom stereocenters. The number of Topliss-reactive ketones (excluding diaryl/α,β-unsaturated/α-hetero) is 2. The molecular formula is C36H64N2O15. The molecule has 0 spiro atoms. The third-order valence-electron chi connectivity index (χ3n) is 7.87. The summed E-state index contributed by atoms with van der Waals surface area (Å²) < 4.78 is 54.1. The van der Waals surface area contributed by atoms with E-state index in [1.54, 1.807) is 18.9 Å². The fraction of sp³-hybridized carbons (Fsp3) is 0.861. The van der Waals surface area contributed by atoms with Gasteiger partial charge >= 0.3 is 12.1 Å². The van der Waals surface area contributed by atoms with E-state index in [9.17, 15) is 24.0 Å². The van der Waals surface area contributed by atoms with Crippen LogP contribution in [0, 0.1) is 0 Å². The fourth-order valence-electron chi connectivity index (χ4n) is 5.00. The van der Waals surface area contributed by atoms with Crippen molar-refractivity contribution in [1.29, 1.82) is 0 Å². The van der Waals surface area contributed by atoms with Gasteiger partial charge in [-0.25, -0.2) is 4.79 Å². The number of nitrogens with zero attached hydrogens (tertiary/aromatic N) is 1. The van der Waals surface area contributed by atoms with Crippen LogP contribution < -0.4 is 5.32 Å². The zero-order valence-electron chi connectivity index (χ0n) is 32.2. The molecular weight excluding hydrogens is 700 g/mol. The average Bonchev–Trinajstić information content (AvgIpc) is 3.14. The van der Waals surface area contributed by atoms with E-state index in [-0.39, 0.29) is 69.1 Å². The van der Waals surface area contributed by atoms with Gasteiger partial charge in [-0.2, -0.15) is 0 Å². The maximum atomic E-state index is 12.9. The van der Waals surface area contributed by atoms with E-state index < -0.39 is 11.9 Å². The van der Waals surface area contributed by atoms with Crippen molar-refractivity contribution < 1.29 is 71.3 Å². The lowest BCUT2D eigenvalue weighted by Gasteiger charge is -2.41. The molecule has 1 rings (SSSR count). The minimum absolute atomic E-state index is 0.000715. The second-order valence-electron chi connectivity index (χ2n) is 12.3. The van der Waals surface area contributed by atoms with Crippen LogP contribution in [0.2, 0.25) is 0 Å². The molecule has 0 saturated carbocycles. The van der Waals surface area contributed by atoms with Crippen LogP contribution in [-0.2, 0) is 66.5 Å². The minimum Gasteiger partial charge on any atom is -0.463 e. The Hall–Kier alpha value is -2.77. The molecule has 0 aromatic carbocycles. The number of hydrogen-bond donors (Lipinski definition) is 1. The largest absolute Gasteiger partial charge is 0.463 e. The SMILES string of the molecule is COCCCC(=O)OCCOC1(OCCOC(=O)NCCOC)CCN(C(=O)CCC(=O)CCCOCCOCCOCCOCCCC(C)=O)CC1. The van der Waals surface area contributed by atoms with Crippen LogP contribution in [0.3, 0.4) is 0 Å². The summed E-state index contributed by atoms with van der Waals surface area (Å²) in [6, 6.07) is 0. The summed E-state index contributed by atoms with van der Waals surface area (Å²) in [4.78, 5) is 61.6. The Morgan fingerprint density at radius 3 is 1.66 bits per heavy atom. The first-order valence-electron chi connectivity index (χ1n) is 18.6. The van der Waals surface area contributed by atoms with E-state index in [1.165, 1.54) is 7.11 Å². The van der Waals surface area contributed by atoms with E-state index in [1.807, 2.05) is 0 Å². The Morgan fingerprint density at radius 2 is 1.09 bits per heavy atom. The van der Waals surface area contributed by atoms with Crippen molar-refractivity contribution in [2.24, 2.45) is 0 Å². The van der Waals surface area contributed by atoms with Crippen LogP contribution in [0.4, 0.5) is 4.79 Å². The molecule has 17 nitrogen and oxygen atoms in total. The van der Waals surface area contributed by atoms with Crippen LogP contribution in [0.5, 0.6) is 0 Å². The van der Waals surface area contributed by atoms with Gasteiger partial charge < -0.3 is 62.4 Å². The maximum absolute atomic E-state index is 12.9. The topological polar surface area (TPSA) is 193 Å². The molecule has 53 heavy (non-hydrogen) atoms. The molecule has 17 heteroatoms. The maximum Gasteiger partial charge on any atom is 0.407 e. The highest BCUT2D eigenvalue weighted by Gasteiger charge is 2.38. The van der Waals surface area contributed by atoms with E-state index in [0.29, 0.717) is 124 Å². The number of piperidine rings is 1. The third-order valence-corrected chi connectivity index (χ3v) is 7.87. The Kier molecular flexibility index (Phi) is 29.7. The van der Waals surface area contributed by atoms with Gasteiger partial charge in [-0.1, -0.05) is 0 Å². The summed E-state index contributed by atoms with van der Waals surface area (Å²) in [5.74, 6) is -1.37. The second-order valence-corrected chi connectivity index (χ2v) is 12.3. The molecule has 1 aliphatic heterocycles. The summed E-state index contributed by atoms with van der Waals surface area (Å²) >= 11 is 0. The lowest BCUT2D eigenvalue weighted by atomic mass is 10.0. The number of methoxy groups -OCH3 is 2. The van der Waals surface area contributed by atoms with Crippen LogP contribution in [0.1, 0.15) is 71.1 Å². The number of esters is 1. The predicted molar refractivity (Wildman–Crippen MR) is 190 cm³/mol. The molecule has 1 fully saturated rings. The van der Waals surface area contributed by atoms with Crippen molar-refractivity contribution in [3.05, 3.63) is 0 Å². The van der Waals surface area contributed by atoms with Gasteiger partial charge in [0.05, 0.1) is 59.5 Å². The van der Waals surface area contributed by atoms with E-state index in [2.05, 4.69) is 5.32 Å². The zero-order valence-corrected chi connectivity index (χ0v) is 32.2. The molecule has 308 valence electrons. The third kappa shape index (κ3) is 27.5. The standard InChI is InChI=1S/C36H64N2O15/c1-31(39)7-4-18-46-21-23-48-25-26-49-24-22-47-19-5-8-32(40)10-11-33(41)38-15-12-36(13-16-38,52-29-27-50-34(42)9-6-17-44-2)53-30-28-51-35(43)37-14-20-45-3/h4-30H2,1-3H3,(H,37,43). The highest BCUT2D eigenvalue weighted by Crippen LogP contribution is 2.28. The van der Waals surface area contributed by atoms with Gasteiger partial charge in [-0.15, -0.1) is 0 Å². The van der Waals surface area contributed by atoms with Gasteiger partial charge in [0.15, 0.2) is 5.79 Å². The smallest absolute Gasteiger partial charge is 0.407 e. The monoisotopic (exact) mass is 764 g/mol. The molecule has 1 aliphatic rings. The highest BCUT2D eigenvalue weighted by atomic mass is 16.7. The average molecular weight is 765 g/mol. The number of likely N-dealkylation sites (tertiary alicyclic amines) is 1. The van der Waals surface area contributed by atoms with Crippen molar-refractivity contribution in [3.63, 3.8) is 0 Å². The molecule has 0 bridgehead atoms. The first-order valence-corrected chi connectivity index (χ1v) is 18.6. The van der Waals surface area contributed by atoms with E-state index in [0.717, 1.165) is 6.42 Å². The number of hydrogen-bond acceptors (Lipinski definition) is 15. The van der Waals surface area contributed by atoms with Gasteiger partial charge in [0.25, 0.3) is 0 Å². The summed E-state index contributed by atoms with van der Waals surface area (Å²) in [5.41, 5.74) is 0. The number of amides is 2. The van der Waals surface area contributed by atoms with Gasteiger partial charge in [-0.3, -0.25) is 14.4 Å². The molecule has 1 saturated heterocycles. The zero-order chi connectivity index (χ0) is 38.8. The molecule has 0 aromatic heterocycles. The number of ether oxygens (including phenoxy) is 10. The predicted octanol–water partition coefficient (Wildman–Crippen LogP) is 2.25. The van der Waals surface area contributed by atoms with Crippen molar-refractivity contribution in [3.8, 4) is 0 Å². The molecule has 0 radical (unpaired) electrons. The lowest BCUT2D eigenvalue weighted by molar-refractivity contribution is -0.262. The number of carbonyl (C=O) groups excluding carboxylic acids is 5. The fourth-order valence-corrected chi connectivity index (χ4v) is 5.00. The van der Waals surface area contributed by atoms with Crippen LogP contribution in [-0.4, -0.2) is 167 Å². The second kappa shape index (κ2) is 32.6. The van der Waals surface area contributed by atoms with Crippen LogP contribution >= 0.6 is 0 Å². The molecule has 0 unspecified atom stereocenters. The number of ketones is 2. The van der Waals surface area contributed by atoms with Crippen molar-refractivity contribution in [1.82, 2.24) is 10.2 Å². The number of rotatable bonds is 35. The Morgan fingerprint density at radius 1 is 0.566 bits per heavy atom. The normalized spacial score (nSPS) is 13.8. The van der Waals surface area contributed by atoms with Crippen molar-refractivity contribution in [2.45, 2.75) is 76.9 Å². The summed E-state index contributed by atoms with van der Waals surface area (Å²) in [6.07, 6.45) is 3.31. The summed E-state index contributed by atoms with van der Waals surface area (Å²) in [6.45, 7) is 7.22. The highest BCUT2D eigenvalue weighted by molar-refractivity contribution is 5.85. The van der Waals surface area contributed by atoms with Crippen LogP contribution in [0.15, 0.2) is 0 Å². The number of carbonyl (C=O) groups is 5. The van der Waals surface area contributed by atoms with E-state index in [4.69, 9.17) is 47.4 Å². The van der Waals surface area contributed by atoms with Crippen molar-refractivity contribution >= 4 is 29.5 Å². The molecule has 0 aliphatic carbocycles. The molecule has 1 heterocycles. The number of alkyl carbamates (subject to hydrolysis) is 1. The van der Waals surface area contributed by atoms with Crippen LogP contribution in [0.25, 0.3) is 0 Å². The first-order chi connectivity index (χ1) is 25.7. The Balaban J connectivity index is 2.25. The van der Waals surface area contributed by atoms with Gasteiger partial charge in [0.1, 0.15) is 24.8 Å². The molecule has 2 amide bonds. The number of nitrogens with one attached hydrogen (secondary N) is 1. The summed E-state index contributed by atoms with van der Waals surface area (Å²) in [5, 5.41) is 2.56. The molecule has 0 aromatic rings. The van der Waals surface area contributed by atoms with Gasteiger partial charge in [-0.05, 0) is 26.2 Å². The minimum atomic E-state index is -1.06. The van der Waals surface area contributed by atoms with E-state index >= 15 is 0 Å².